The first-order valence-electron chi connectivity index (χ1n) is 13.9. The van der Waals surface area contributed by atoms with Gasteiger partial charge in [-0.25, -0.2) is 8.42 Å². The molecule has 1 aliphatic carbocycles. The van der Waals surface area contributed by atoms with Gasteiger partial charge in [0, 0.05) is 68.5 Å². The zero-order chi connectivity index (χ0) is 26.4. The summed E-state index contributed by atoms with van der Waals surface area (Å²) in [5, 5.41) is 0. The SMILES string of the molecule is C[C@@H]1Cc2cc(S(=O)(=O)N3CCC(C(=O)N4CCN(c5ccccc5)CC4)CC3)ccc2N1C(=O)C1CC1. The average molecular weight is 537 g/mol. The van der Waals surface area contributed by atoms with E-state index in [-0.39, 0.29) is 34.6 Å². The summed E-state index contributed by atoms with van der Waals surface area (Å²) in [6.07, 6.45) is 3.66. The zero-order valence-corrected chi connectivity index (χ0v) is 22.8. The van der Waals surface area contributed by atoms with Gasteiger partial charge in [-0.3, -0.25) is 9.59 Å². The van der Waals surface area contributed by atoms with Gasteiger partial charge in [0.15, 0.2) is 0 Å². The van der Waals surface area contributed by atoms with Crippen LogP contribution in [0.15, 0.2) is 53.4 Å². The molecule has 4 aliphatic rings. The molecule has 9 heteroatoms. The first kappa shape index (κ1) is 25.4. The number of anilines is 2. The number of rotatable bonds is 5. The van der Waals surface area contributed by atoms with Crippen molar-refractivity contribution in [2.75, 3.05) is 49.1 Å². The number of fused-ring (bicyclic) bond motifs is 1. The van der Waals surface area contributed by atoms with Crippen molar-refractivity contribution in [2.45, 2.75) is 50.0 Å². The van der Waals surface area contributed by atoms with Gasteiger partial charge in [-0.2, -0.15) is 4.31 Å². The van der Waals surface area contributed by atoms with E-state index < -0.39 is 10.0 Å². The average Bonchev–Trinajstić information content (AvgIpc) is 3.75. The van der Waals surface area contributed by atoms with E-state index in [0.717, 1.165) is 37.2 Å². The number of benzene rings is 2. The Morgan fingerprint density at radius 1 is 0.789 bits per heavy atom. The molecule has 1 saturated carbocycles. The Labute approximate surface area is 225 Å². The lowest BCUT2D eigenvalue weighted by molar-refractivity contribution is -0.137. The molecule has 0 radical (unpaired) electrons. The molecule has 3 aliphatic heterocycles. The highest BCUT2D eigenvalue weighted by atomic mass is 32.2. The third kappa shape index (κ3) is 4.71. The molecule has 0 aromatic heterocycles. The summed E-state index contributed by atoms with van der Waals surface area (Å²) in [5.41, 5.74) is 2.96. The molecular formula is C29H36N4O4S. The number of piperazine rings is 1. The Morgan fingerprint density at radius 3 is 2.11 bits per heavy atom. The quantitative estimate of drug-likeness (QED) is 0.587. The second kappa shape index (κ2) is 10.0. The molecular weight excluding hydrogens is 500 g/mol. The summed E-state index contributed by atoms with van der Waals surface area (Å²) in [6, 6.07) is 15.5. The van der Waals surface area contributed by atoms with E-state index >= 15 is 0 Å². The number of sulfonamides is 1. The number of nitrogens with zero attached hydrogens (tertiary/aromatic N) is 4. The van der Waals surface area contributed by atoms with Crippen LogP contribution < -0.4 is 9.80 Å². The maximum Gasteiger partial charge on any atom is 0.243 e. The van der Waals surface area contributed by atoms with Crippen LogP contribution in [-0.4, -0.2) is 74.7 Å². The molecule has 2 aromatic rings. The molecule has 0 spiro atoms. The van der Waals surface area contributed by atoms with Gasteiger partial charge in [0.25, 0.3) is 0 Å². The van der Waals surface area contributed by atoms with Crippen LogP contribution in [0.2, 0.25) is 0 Å². The number of hydrogen-bond acceptors (Lipinski definition) is 5. The van der Waals surface area contributed by atoms with Crippen molar-refractivity contribution in [3.8, 4) is 0 Å². The van der Waals surface area contributed by atoms with Gasteiger partial charge in [-0.05, 0) is 74.9 Å². The molecule has 2 amide bonds. The van der Waals surface area contributed by atoms with Crippen molar-refractivity contribution in [1.29, 1.82) is 0 Å². The van der Waals surface area contributed by atoms with Gasteiger partial charge >= 0.3 is 0 Å². The van der Waals surface area contributed by atoms with E-state index in [9.17, 15) is 18.0 Å². The number of para-hydroxylation sites is 1. The number of carbonyl (C=O) groups excluding carboxylic acids is 2. The van der Waals surface area contributed by atoms with E-state index in [1.807, 2.05) is 34.9 Å². The summed E-state index contributed by atoms with van der Waals surface area (Å²) in [6.45, 7) is 5.73. The number of amides is 2. The summed E-state index contributed by atoms with van der Waals surface area (Å²) in [7, 11) is -3.66. The minimum atomic E-state index is -3.66. The van der Waals surface area contributed by atoms with Crippen molar-refractivity contribution < 1.29 is 18.0 Å². The fourth-order valence-corrected chi connectivity index (χ4v) is 7.73. The highest BCUT2D eigenvalue weighted by Crippen LogP contribution is 2.40. The lowest BCUT2D eigenvalue weighted by atomic mass is 9.96. The lowest BCUT2D eigenvalue weighted by Gasteiger charge is -2.39. The predicted octanol–water partition coefficient (Wildman–Crippen LogP) is 3.12. The van der Waals surface area contributed by atoms with Crippen LogP contribution in [0, 0.1) is 11.8 Å². The Morgan fingerprint density at radius 2 is 1.45 bits per heavy atom. The molecule has 2 aromatic carbocycles. The standard InChI is InChI=1S/C29H36N4O4S/c1-21-19-24-20-26(9-10-27(24)33(21)29(35)22-7-8-22)38(36,37)32-13-11-23(12-14-32)28(34)31-17-15-30(16-18-31)25-5-3-2-4-6-25/h2-6,9-10,20-23H,7-8,11-19H2,1H3/t21-/m1/s1. The van der Waals surface area contributed by atoms with E-state index in [2.05, 4.69) is 17.0 Å². The monoisotopic (exact) mass is 536 g/mol. The van der Waals surface area contributed by atoms with Crippen molar-refractivity contribution in [3.05, 3.63) is 54.1 Å². The van der Waals surface area contributed by atoms with Gasteiger partial charge in [0.1, 0.15) is 0 Å². The number of piperidine rings is 1. The van der Waals surface area contributed by atoms with Gasteiger partial charge in [-0.1, -0.05) is 18.2 Å². The van der Waals surface area contributed by atoms with Crippen molar-refractivity contribution in [3.63, 3.8) is 0 Å². The Hall–Kier alpha value is -2.91. The van der Waals surface area contributed by atoms with Gasteiger partial charge in [0.05, 0.1) is 4.90 Å². The Bertz CT molecular complexity index is 1310. The molecule has 0 unspecified atom stereocenters. The van der Waals surface area contributed by atoms with Crippen molar-refractivity contribution >= 4 is 33.2 Å². The third-order valence-corrected chi connectivity index (χ3v) is 10.5. The van der Waals surface area contributed by atoms with Gasteiger partial charge < -0.3 is 14.7 Å². The third-order valence-electron chi connectivity index (χ3n) is 8.58. The first-order chi connectivity index (χ1) is 18.3. The largest absolute Gasteiger partial charge is 0.368 e. The summed E-state index contributed by atoms with van der Waals surface area (Å²) in [5.74, 6) is 0.318. The van der Waals surface area contributed by atoms with Crippen molar-refractivity contribution in [2.24, 2.45) is 11.8 Å². The molecule has 3 heterocycles. The minimum Gasteiger partial charge on any atom is -0.368 e. The van der Waals surface area contributed by atoms with Crippen LogP contribution in [0.3, 0.4) is 0 Å². The second-order valence-corrected chi connectivity index (χ2v) is 13.1. The molecule has 8 nitrogen and oxygen atoms in total. The van der Waals surface area contributed by atoms with Gasteiger partial charge in [0.2, 0.25) is 21.8 Å². The van der Waals surface area contributed by atoms with Crippen LogP contribution in [0.5, 0.6) is 0 Å². The minimum absolute atomic E-state index is 0.0485. The second-order valence-electron chi connectivity index (χ2n) is 11.2. The lowest BCUT2D eigenvalue weighted by Crippen LogP contribution is -2.52. The van der Waals surface area contributed by atoms with E-state index in [1.54, 1.807) is 18.2 Å². The van der Waals surface area contributed by atoms with E-state index in [0.29, 0.717) is 45.4 Å². The smallest absolute Gasteiger partial charge is 0.243 e. The zero-order valence-electron chi connectivity index (χ0n) is 22.0. The molecule has 6 rings (SSSR count). The van der Waals surface area contributed by atoms with Crippen LogP contribution in [0.4, 0.5) is 11.4 Å². The highest BCUT2D eigenvalue weighted by molar-refractivity contribution is 7.89. The fourth-order valence-electron chi connectivity index (χ4n) is 6.20. The van der Waals surface area contributed by atoms with E-state index in [1.165, 1.54) is 9.99 Å². The Balaban J connectivity index is 1.06. The number of carbonyl (C=O) groups is 2. The van der Waals surface area contributed by atoms with Crippen LogP contribution in [0.25, 0.3) is 0 Å². The van der Waals surface area contributed by atoms with E-state index in [4.69, 9.17) is 0 Å². The van der Waals surface area contributed by atoms with Crippen LogP contribution in [-0.2, 0) is 26.0 Å². The van der Waals surface area contributed by atoms with Crippen molar-refractivity contribution in [1.82, 2.24) is 9.21 Å². The fraction of sp³-hybridized carbons (Fsp3) is 0.517. The molecule has 0 N–H and O–H groups in total. The maximum atomic E-state index is 13.5. The summed E-state index contributed by atoms with van der Waals surface area (Å²) < 4.78 is 28.5. The summed E-state index contributed by atoms with van der Waals surface area (Å²) >= 11 is 0. The summed E-state index contributed by atoms with van der Waals surface area (Å²) in [4.78, 5) is 32.4. The predicted molar refractivity (Wildman–Crippen MR) is 147 cm³/mol. The highest BCUT2D eigenvalue weighted by Gasteiger charge is 2.40. The maximum absolute atomic E-state index is 13.5. The van der Waals surface area contributed by atoms with Crippen LogP contribution >= 0.6 is 0 Å². The molecule has 1 atom stereocenters. The van der Waals surface area contributed by atoms with Crippen LogP contribution in [0.1, 0.15) is 38.2 Å². The topological polar surface area (TPSA) is 81.2 Å². The van der Waals surface area contributed by atoms with Gasteiger partial charge in [-0.15, -0.1) is 0 Å². The molecule has 2 saturated heterocycles. The molecule has 3 fully saturated rings. The number of hydrogen-bond donors (Lipinski definition) is 0. The molecule has 38 heavy (non-hydrogen) atoms. The first-order valence-corrected chi connectivity index (χ1v) is 15.3. The molecule has 202 valence electrons. The normalized spacial score (nSPS) is 23.0. The molecule has 0 bridgehead atoms. The Kier molecular flexibility index (Phi) is 6.68.